The Labute approximate surface area is 69.9 Å². The van der Waals surface area contributed by atoms with Crippen molar-refractivity contribution >= 4 is 10.9 Å². The third-order valence-corrected chi connectivity index (χ3v) is 1.73. The van der Waals surface area contributed by atoms with E-state index in [1.54, 1.807) is 12.1 Å². The fourth-order valence-corrected chi connectivity index (χ4v) is 1.12. The smallest absolute Gasteiger partial charge is 0.131 e. The van der Waals surface area contributed by atoms with Gasteiger partial charge in [-0.05, 0) is 18.2 Å². The molecule has 0 aliphatic rings. The average Bonchev–Trinajstić information content (AvgIpc) is 2.17. The summed E-state index contributed by atoms with van der Waals surface area (Å²) in [6.07, 6.45) is 0. The van der Waals surface area contributed by atoms with E-state index >= 15 is 0 Å². The molecular formula is C10H7FN. The lowest BCUT2D eigenvalue weighted by atomic mass is 10.2. The first-order valence-corrected chi connectivity index (χ1v) is 3.72. The summed E-state index contributed by atoms with van der Waals surface area (Å²) in [6.45, 7) is -0.509. The SMILES string of the molecule is FCc1ccc2cc[c]cc2n1. The standard InChI is InChI=1S/C10H7FN/c11-7-9-6-5-8-3-1-2-4-10(8)12-9/h1,3-6H,7H2. The number of aromatic nitrogens is 1. The van der Waals surface area contributed by atoms with Crippen molar-refractivity contribution in [2.45, 2.75) is 6.67 Å². The number of nitrogens with zero attached hydrogens (tertiary/aromatic N) is 1. The van der Waals surface area contributed by atoms with E-state index in [1.165, 1.54) is 0 Å². The van der Waals surface area contributed by atoms with Gasteiger partial charge in [0.2, 0.25) is 0 Å². The van der Waals surface area contributed by atoms with E-state index in [0.29, 0.717) is 5.69 Å². The van der Waals surface area contributed by atoms with Crippen molar-refractivity contribution in [2.24, 2.45) is 0 Å². The van der Waals surface area contributed by atoms with Crippen LogP contribution in [0.15, 0.2) is 30.3 Å². The molecular weight excluding hydrogens is 153 g/mol. The normalized spacial score (nSPS) is 10.4. The van der Waals surface area contributed by atoms with Gasteiger partial charge in [-0.25, -0.2) is 4.39 Å². The molecule has 1 aromatic carbocycles. The van der Waals surface area contributed by atoms with E-state index in [9.17, 15) is 4.39 Å². The Hall–Kier alpha value is -1.44. The molecule has 0 atom stereocenters. The van der Waals surface area contributed by atoms with Gasteiger partial charge in [0.25, 0.3) is 0 Å². The van der Waals surface area contributed by atoms with Crippen LogP contribution < -0.4 is 0 Å². The van der Waals surface area contributed by atoms with Crippen LogP contribution in [-0.4, -0.2) is 4.98 Å². The molecule has 0 saturated heterocycles. The molecule has 2 heteroatoms. The summed E-state index contributed by atoms with van der Waals surface area (Å²) in [6, 6.07) is 11.9. The van der Waals surface area contributed by atoms with E-state index in [0.717, 1.165) is 10.9 Å². The van der Waals surface area contributed by atoms with Gasteiger partial charge in [0.1, 0.15) is 6.67 Å². The number of alkyl halides is 1. The van der Waals surface area contributed by atoms with Crippen molar-refractivity contribution in [1.29, 1.82) is 0 Å². The molecule has 0 aliphatic heterocycles. The minimum atomic E-state index is -0.509. The fourth-order valence-electron chi connectivity index (χ4n) is 1.12. The predicted molar refractivity (Wildman–Crippen MR) is 45.4 cm³/mol. The highest BCUT2D eigenvalue weighted by atomic mass is 19.1. The van der Waals surface area contributed by atoms with Crippen molar-refractivity contribution in [3.63, 3.8) is 0 Å². The Morgan fingerprint density at radius 2 is 2.25 bits per heavy atom. The van der Waals surface area contributed by atoms with Gasteiger partial charge in [0.15, 0.2) is 0 Å². The molecule has 1 aromatic heterocycles. The van der Waals surface area contributed by atoms with E-state index in [4.69, 9.17) is 0 Å². The van der Waals surface area contributed by atoms with E-state index in [-0.39, 0.29) is 0 Å². The lowest BCUT2D eigenvalue weighted by Gasteiger charge is -1.97. The minimum Gasteiger partial charge on any atom is -0.250 e. The summed E-state index contributed by atoms with van der Waals surface area (Å²) in [5.74, 6) is 0. The molecule has 0 bridgehead atoms. The molecule has 0 amide bonds. The van der Waals surface area contributed by atoms with Gasteiger partial charge in [0.05, 0.1) is 11.2 Å². The summed E-state index contributed by atoms with van der Waals surface area (Å²) < 4.78 is 12.2. The summed E-state index contributed by atoms with van der Waals surface area (Å²) in [5.41, 5.74) is 1.27. The van der Waals surface area contributed by atoms with Gasteiger partial charge in [0, 0.05) is 5.39 Å². The maximum atomic E-state index is 12.2. The molecule has 0 fully saturated rings. The number of pyridine rings is 1. The molecule has 0 aliphatic carbocycles. The van der Waals surface area contributed by atoms with Crippen molar-refractivity contribution in [2.75, 3.05) is 0 Å². The second-order valence-corrected chi connectivity index (χ2v) is 2.56. The maximum Gasteiger partial charge on any atom is 0.131 e. The number of halogens is 1. The zero-order chi connectivity index (χ0) is 8.39. The van der Waals surface area contributed by atoms with Crippen LogP contribution in [0.1, 0.15) is 5.69 Å². The summed E-state index contributed by atoms with van der Waals surface area (Å²) in [7, 11) is 0. The highest BCUT2D eigenvalue weighted by Gasteiger charge is 1.95. The molecule has 0 saturated carbocycles. The van der Waals surface area contributed by atoms with Crippen molar-refractivity contribution < 1.29 is 4.39 Å². The van der Waals surface area contributed by atoms with Crippen LogP contribution in [-0.2, 0) is 6.67 Å². The molecule has 1 radical (unpaired) electrons. The topological polar surface area (TPSA) is 12.9 Å². The lowest BCUT2D eigenvalue weighted by Crippen LogP contribution is -1.85. The first-order chi connectivity index (χ1) is 5.90. The molecule has 12 heavy (non-hydrogen) atoms. The van der Waals surface area contributed by atoms with E-state index in [2.05, 4.69) is 11.1 Å². The second-order valence-electron chi connectivity index (χ2n) is 2.56. The molecule has 0 N–H and O–H groups in total. The van der Waals surface area contributed by atoms with Crippen LogP contribution in [0.2, 0.25) is 0 Å². The molecule has 0 spiro atoms. The predicted octanol–water partition coefficient (Wildman–Crippen LogP) is 2.50. The van der Waals surface area contributed by atoms with Gasteiger partial charge in [-0.3, -0.25) is 4.98 Å². The second kappa shape index (κ2) is 2.89. The van der Waals surface area contributed by atoms with Crippen LogP contribution in [0.5, 0.6) is 0 Å². The van der Waals surface area contributed by atoms with Crippen LogP contribution in [0.25, 0.3) is 10.9 Å². The maximum absolute atomic E-state index is 12.2. The molecule has 1 heterocycles. The first kappa shape index (κ1) is 7.22. The number of hydrogen-bond acceptors (Lipinski definition) is 1. The highest BCUT2D eigenvalue weighted by Crippen LogP contribution is 2.11. The van der Waals surface area contributed by atoms with Crippen LogP contribution >= 0.6 is 0 Å². The van der Waals surface area contributed by atoms with Crippen LogP contribution in [0.4, 0.5) is 4.39 Å². The monoisotopic (exact) mass is 160 g/mol. The van der Waals surface area contributed by atoms with Crippen LogP contribution in [0, 0.1) is 6.07 Å². The number of hydrogen-bond donors (Lipinski definition) is 0. The molecule has 0 unspecified atom stereocenters. The fraction of sp³-hybridized carbons (Fsp3) is 0.100. The summed E-state index contributed by atoms with van der Waals surface area (Å²) in [5, 5.41) is 1.02. The minimum absolute atomic E-state index is 0.474. The van der Waals surface area contributed by atoms with Crippen LogP contribution in [0.3, 0.4) is 0 Å². The van der Waals surface area contributed by atoms with Crippen molar-refractivity contribution in [3.8, 4) is 0 Å². The number of rotatable bonds is 1. The number of benzene rings is 1. The van der Waals surface area contributed by atoms with Gasteiger partial charge in [-0.1, -0.05) is 18.2 Å². The van der Waals surface area contributed by atoms with E-state index in [1.807, 2.05) is 18.2 Å². The third-order valence-electron chi connectivity index (χ3n) is 1.73. The summed E-state index contributed by atoms with van der Waals surface area (Å²) >= 11 is 0. The highest BCUT2D eigenvalue weighted by molar-refractivity contribution is 5.78. The molecule has 1 nitrogen and oxygen atoms in total. The Morgan fingerprint density at radius 3 is 3.08 bits per heavy atom. The average molecular weight is 160 g/mol. The van der Waals surface area contributed by atoms with Gasteiger partial charge >= 0.3 is 0 Å². The van der Waals surface area contributed by atoms with Crippen molar-refractivity contribution in [3.05, 3.63) is 42.1 Å². The Balaban J connectivity index is 2.67. The Bertz CT molecular complexity index is 398. The van der Waals surface area contributed by atoms with Gasteiger partial charge < -0.3 is 0 Å². The number of fused-ring (bicyclic) bond motifs is 1. The van der Waals surface area contributed by atoms with E-state index < -0.39 is 6.67 Å². The van der Waals surface area contributed by atoms with Gasteiger partial charge in [-0.15, -0.1) is 0 Å². The zero-order valence-electron chi connectivity index (χ0n) is 6.42. The summed E-state index contributed by atoms with van der Waals surface area (Å²) in [4.78, 5) is 4.09. The Kier molecular flexibility index (Phi) is 1.74. The first-order valence-electron chi connectivity index (χ1n) is 3.72. The third kappa shape index (κ3) is 1.16. The lowest BCUT2D eigenvalue weighted by molar-refractivity contribution is 0.477. The quantitative estimate of drug-likeness (QED) is 0.624. The zero-order valence-corrected chi connectivity index (χ0v) is 6.42. The Morgan fingerprint density at radius 1 is 1.33 bits per heavy atom. The molecule has 59 valence electrons. The molecule has 2 rings (SSSR count). The van der Waals surface area contributed by atoms with Gasteiger partial charge in [-0.2, -0.15) is 0 Å². The van der Waals surface area contributed by atoms with Crippen molar-refractivity contribution in [1.82, 2.24) is 4.98 Å². The molecule has 2 aromatic rings. The largest absolute Gasteiger partial charge is 0.250 e.